The molecule has 1 atom stereocenters. The van der Waals surface area contributed by atoms with Gasteiger partial charge in [0.1, 0.15) is 0 Å². The van der Waals surface area contributed by atoms with Gasteiger partial charge >= 0.3 is 0 Å². The van der Waals surface area contributed by atoms with Crippen molar-refractivity contribution < 1.29 is 17.9 Å². The monoisotopic (exact) mass is 408 g/mol. The van der Waals surface area contributed by atoms with Gasteiger partial charge in [0.25, 0.3) is 15.9 Å². The minimum atomic E-state index is -3.84. The number of carbonyl (C=O) groups excluding carboxylic acids is 1. The van der Waals surface area contributed by atoms with Crippen LogP contribution in [0.4, 0.5) is 5.69 Å². The van der Waals surface area contributed by atoms with Crippen molar-refractivity contribution in [3.05, 3.63) is 59.1 Å². The molecule has 1 aliphatic rings. The molecule has 0 radical (unpaired) electrons. The Hall–Kier alpha value is -2.09. The van der Waals surface area contributed by atoms with E-state index in [2.05, 4.69) is 4.72 Å². The number of carbonyl (C=O) groups is 1. The van der Waals surface area contributed by atoms with E-state index in [1.54, 1.807) is 35.2 Å². The summed E-state index contributed by atoms with van der Waals surface area (Å²) >= 11 is 5.90. The van der Waals surface area contributed by atoms with Crippen molar-refractivity contribution >= 4 is 33.2 Å². The van der Waals surface area contributed by atoms with Gasteiger partial charge in [-0.15, -0.1) is 0 Å². The van der Waals surface area contributed by atoms with Crippen LogP contribution in [-0.2, 0) is 14.8 Å². The summed E-state index contributed by atoms with van der Waals surface area (Å²) in [6, 6.07) is 12.5. The number of benzene rings is 2. The summed E-state index contributed by atoms with van der Waals surface area (Å²) in [7, 11) is -3.84. The third-order valence-corrected chi connectivity index (χ3v) is 6.03. The molecule has 0 aliphatic carbocycles. The third kappa shape index (κ3) is 4.80. The average Bonchev–Trinajstić information content (AvgIpc) is 2.85. The summed E-state index contributed by atoms with van der Waals surface area (Å²) in [4.78, 5) is 14.6. The number of nitrogens with zero attached hydrogens (tertiary/aromatic N) is 1. The lowest BCUT2D eigenvalue weighted by atomic mass is 10.1. The molecule has 1 saturated heterocycles. The van der Waals surface area contributed by atoms with Crippen molar-refractivity contribution in [2.45, 2.75) is 24.3 Å². The van der Waals surface area contributed by atoms with Crippen LogP contribution in [-0.4, -0.2) is 45.0 Å². The first-order valence-electron chi connectivity index (χ1n) is 8.64. The molecule has 1 fully saturated rings. The summed E-state index contributed by atoms with van der Waals surface area (Å²) < 4.78 is 33.3. The van der Waals surface area contributed by atoms with Crippen molar-refractivity contribution in [3.63, 3.8) is 0 Å². The van der Waals surface area contributed by atoms with Gasteiger partial charge in [-0.2, -0.15) is 0 Å². The van der Waals surface area contributed by atoms with Crippen molar-refractivity contribution in [1.29, 1.82) is 0 Å². The van der Waals surface area contributed by atoms with Gasteiger partial charge in [0.15, 0.2) is 0 Å². The van der Waals surface area contributed by atoms with Crippen molar-refractivity contribution in [1.82, 2.24) is 4.90 Å². The molecule has 1 heterocycles. The van der Waals surface area contributed by atoms with Crippen LogP contribution in [0.1, 0.15) is 23.7 Å². The van der Waals surface area contributed by atoms with E-state index < -0.39 is 10.0 Å². The van der Waals surface area contributed by atoms with E-state index in [0.29, 0.717) is 36.0 Å². The highest BCUT2D eigenvalue weighted by atomic mass is 35.5. The van der Waals surface area contributed by atoms with Crippen molar-refractivity contribution in [2.24, 2.45) is 0 Å². The molecule has 0 saturated carbocycles. The van der Waals surface area contributed by atoms with Crippen LogP contribution in [0.5, 0.6) is 0 Å². The Morgan fingerprint density at radius 2 is 1.96 bits per heavy atom. The molecular formula is C19H21ClN2O4S. The standard InChI is InChI=1S/C19H21ClN2O4S/c1-14-8-10-26-11-9-22(14)19(23)15-4-2-7-18(12-15)27(24,25)21-17-6-3-5-16(20)13-17/h2-7,12-14,21H,8-11H2,1H3/t14-/m1/s1. The van der Waals surface area contributed by atoms with Crippen LogP contribution in [0, 0.1) is 0 Å². The zero-order valence-corrected chi connectivity index (χ0v) is 16.5. The molecule has 0 aromatic heterocycles. The zero-order valence-electron chi connectivity index (χ0n) is 14.9. The van der Waals surface area contributed by atoms with Gasteiger partial charge in [0, 0.05) is 29.8 Å². The Morgan fingerprint density at radius 1 is 1.19 bits per heavy atom. The summed E-state index contributed by atoms with van der Waals surface area (Å²) in [5.41, 5.74) is 0.690. The van der Waals surface area contributed by atoms with Crippen LogP contribution in [0.25, 0.3) is 0 Å². The van der Waals surface area contributed by atoms with Gasteiger partial charge in [-0.05, 0) is 49.7 Å². The Morgan fingerprint density at radius 3 is 2.74 bits per heavy atom. The summed E-state index contributed by atoms with van der Waals surface area (Å²) in [5.74, 6) is -0.201. The molecule has 1 aliphatic heterocycles. The molecule has 3 rings (SSSR count). The van der Waals surface area contributed by atoms with Gasteiger partial charge in [-0.1, -0.05) is 23.7 Å². The maximum atomic E-state index is 12.9. The van der Waals surface area contributed by atoms with Crippen LogP contribution < -0.4 is 4.72 Å². The number of ether oxygens (including phenoxy) is 1. The minimum absolute atomic E-state index is 0.0204. The number of sulfonamides is 1. The average molecular weight is 409 g/mol. The molecule has 1 amide bonds. The van der Waals surface area contributed by atoms with E-state index in [1.165, 1.54) is 18.2 Å². The Kier molecular flexibility index (Phi) is 6.04. The van der Waals surface area contributed by atoms with Gasteiger partial charge in [-0.3, -0.25) is 9.52 Å². The summed E-state index contributed by atoms with van der Waals surface area (Å²) in [6.07, 6.45) is 0.750. The quantitative estimate of drug-likeness (QED) is 0.841. The number of amides is 1. The zero-order chi connectivity index (χ0) is 19.4. The number of halogens is 1. The van der Waals surface area contributed by atoms with E-state index in [0.717, 1.165) is 6.42 Å². The predicted molar refractivity (Wildman–Crippen MR) is 105 cm³/mol. The van der Waals surface area contributed by atoms with Gasteiger partial charge in [-0.25, -0.2) is 8.42 Å². The Balaban J connectivity index is 1.85. The maximum absolute atomic E-state index is 12.9. The fraction of sp³-hybridized carbons (Fsp3) is 0.316. The lowest BCUT2D eigenvalue weighted by Crippen LogP contribution is -2.39. The first-order chi connectivity index (χ1) is 12.9. The Bertz CT molecular complexity index is 933. The van der Waals surface area contributed by atoms with E-state index in [4.69, 9.17) is 16.3 Å². The molecule has 2 aromatic carbocycles. The molecule has 8 heteroatoms. The molecule has 0 bridgehead atoms. The van der Waals surface area contributed by atoms with Crippen LogP contribution >= 0.6 is 11.6 Å². The molecule has 1 N–H and O–H groups in total. The first-order valence-corrected chi connectivity index (χ1v) is 10.5. The molecule has 2 aromatic rings. The topological polar surface area (TPSA) is 75.7 Å². The highest BCUT2D eigenvalue weighted by molar-refractivity contribution is 7.92. The SMILES string of the molecule is C[C@@H]1CCOCCN1C(=O)c1cccc(S(=O)(=O)Nc2cccc(Cl)c2)c1. The number of anilines is 1. The normalized spacial score (nSPS) is 18.0. The second-order valence-electron chi connectivity index (χ2n) is 6.39. The number of hydrogen-bond donors (Lipinski definition) is 1. The highest BCUT2D eigenvalue weighted by Crippen LogP contribution is 2.21. The number of rotatable bonds is 4. The molecule has 27 heavy (non-hydrogen) atoms. The predicted octanol–water partition coefficient (Wildman–Crippen LogP) is 3.39. The van der Waals surface area contributed by atoms with Gasteiger partial charge in [0.2, 0.25) is 0 Å². The van der Waals surface area contributed by atoms with Crippen LogP contribution in [0.15, 0.2) is 53.4 Å². The van der Waals surface area contributed by atoms with Crippen molar-refractivity contribution in [3.8, 4) is 0 Å². The molecular weight excluding hydrogens is 388 g/mol. The van der Waals surface area contributed by atoms with Crippen LogP contribution in [0.2, 0.25) is 5.02 Å². The largest absolute Gasteiger partial charge is 0.380 e. The van der Waals surface area contributed by atoms with E-state index in [1.807, 2.05) is 6.92 Å². The van der Waals surface area contributed by atoms with Crippen LogP contribution in [0.3, 0.4) is 0 Å². The molecule has 144 valence electrons. The number of hydrogen-bond acceptors (Lipinski definition) is 4. The van der Waals surface area contributed by atoms with E-state index >= 15 is 0 Å². The number of nitrogens with one attached hydrogen (secondary N) is 1. The lowest BCUT2D eigenvalue weighted by molar-refractivity contribution is 0.0687. The Labute approximate surface area is 164 Å². The van der Waals surface area contributed by atoms with Gasteiger partial charge in [0.05, 0.1) is 17.2 Å². The third-order valence-electron chi connectivity index (χ3n) is 4.42. The maximum Gasteiger partial charge on any atom is 0.261 e. The fourth-order valence-corrected chi connectivity index (χ4v) is 4.21. The van der Waals surface area contributed by atoms with E-state index in [-0.39, 0.29) is 16.8 Å². The summed E-state index contributed by atoms with van der Waals surface area (Å²) in [5, 5.41) is 0.427. The summed E-state index contributed by atoms with van der Waals surface area (Å²) in [6.45, 7) is 3.54. The fourth-order valence-electron chi connectivity index (χ4n) is 2.92. The minimum Gasteiger partial charge on any atom is -0.380 e. The lowest BCUT2D eigenvalue weighted by Gasteiger charge is -2.26. The molecule has 0 spiro atoms. The second-order valence-corrected chi connectivity index (χ2v) is 8.51. The highest BCUT2D eigenvalue weighted by Gasteiger charge is 2.24. The smallest absolute Gasteiger partial charge is 0.261 e. The van der Waals surface area contributed by atoms with Gasteiger partial charge < -0.3 is 9.64 Å². The van der Waals surface area contributed by atoms with E-state index in [9.17, 15) is 13.2 Å². The van der Waals surface area contributed by atoms with Crippen molar-refractivity contribution in [2.75, 3.05) is 24.5 Å². The molecule has 0 unspecified atom stereocenters. The molecule has 6 nitrogen and oxygen atoms in total. The second kappa shape index (κ2) is 8.29. The first kappa shape index (κ1) is 19.7.